The first-order valence-corrected chi connectivity index (χ1v) is 8.59. The summed E-state index contributed by atoms with van der Waals surface area (Å²) in [5, 5.41) is 18.3. The lowest BCUT2D eigenvalue weighted by Crippen LogP contribution is -2.39. The summed E-state index contributed by atoms with van der Waals surface area (Å²) in [6.45, 7) is 2.14. The lowest BCUT2D eigenvalue weighted by Gasteiger charge is -2.19. The van der Waals surface area contributed by atoms with Crippen LogP contribution in [-0.4, -0.2) is 69.2 Å². The number of nitrogens with zero attached hydrogens (tertiary/aromatic N) is 4. The van der Waals surface area contributed by atoms with Crippen LogP contribution in [0.5, 0.6) is 0 Å². The maximum absolute atomic E-state index is 12.2. The van der Waals surface area contributed by atoms with Crippen molar-refractivity contribution in [2.24, 2.45) is 0 Å². The Kier molecular flexibility index (Phi) is 5.25. The second kappa shape index (κ2) is 6.77. The summed E-state index contributed by atoms with van der Waals surface area (Å²) in [6.07, 6.45) is -0.298. The predicted molar refractivity (Wildman–Crippen MR) is 78.8 cm³/mol. The number of hydrogen-bond acceptors (Lipinski definition) is 7. The zero-order valence-corrected chi connectivity index (χ0v) is 13.7. The van der Waals surface area contributed by atoms with E-state index in [1.54, 1.807) is 7.05 Å². The summed E-state index contributed by atoms with van der Waals surface area (Å²) in [6, 6.07) is -0.857. The van der Waals surface area contributed by atoms with E-state index < -0.39 is 23.1 Å². The average Bonchev–Trinajstić information content (AvgIpc) is 3.00. The maximum Gasteiger partial charge on any atom is 0.328 e. The van der Waals surface area contributed by atoms with Crippen molar-refractivity contribution in [1.29, 1.82) is 0 Å². The summed E-state index contributed by atoms with van der Waals surface area (Å²) < 4.78 is 17.3. The Morgan fingerprint density at radius 3 is 2.81 bits per heavy atom. The third kappa shape index (κ3) is 3.07. The number of rotatable bonds is 6. The highest BCUT2D eigenvalue weighted by atomic mass is 32.2. The number of anilines is 1. The van der Waals surface area contributed by atoms with E-state index in [1.807, 2.05) is 6.92 Å². The van der Waals surface area contributed by atoms with Gasteiger partial charge in [0.15, 0.2) is 6.23 Å². The van der Waals surface area contributed by atoms with Crippen molar-refractivity contribution in [2.75, 3.05) is 31.4 Å². The van der Waals surface area contributed by atoms with Crippen LogP contribution in [0.4, 0.5) is 9.93 Å². The number of aliphatic hydroxyl groups is 1. The molecule has 0 bridgehead atoms. The maximum atomic E-state index is 12.2. The first-order valence-electron chi connectivity index (χ1n) is 6.46. The van der Waals surface area contributed by atoms with E-state index in [1.165, 1.54) is 12.0 Å². The van der Waals surface area contributed by atoms with Crippen molar-refractivity contribution in [1.82, 2.24) is 15.1 Å². The molecule has 1 aliphatic heterocycles. The molecule has 10 heteroatoms. The van der Waals surface area contributed by atoms with E-state index in [4.69, 9.17) is 4.74 Å². The van der Waals surface area contributed by atoms with Gasteiger partial charge in [0, 0.05) is 19.9 Å². The Morgan fingerprint density at radius 2 is 2.19 bits per heavy atom. The summed E-state index contributed by atoms with van der Waals surface area (Å²) in [5.74, 6) is 0.497. The van der Waals surface area contributed by atoms with E-state index in [-0.39, 0.29) is 17.8 Å². The van der Waals surface area contributed by atoms with E-state index >= 15 is 0 Å². The fourth-order valence-electron chi connectivity index (χ4n) is 2.03. The van der Waals surface area contributed by atoms with Gasteiger partial charge in [-0.25, -0.2) is 9.69 Å². The Balaban J connectivity index is 2.22. The molecule has 0 saturated carbocycles. The SMILES string of the molecule is CCCS(=O)c1nnc(N2C(=O)N(C)C(COC)C2O)s1. The molecule has 1 N–H and O–H groups in total. The van der Waals surface area contributed by atoms with Gasteiger partial charge in [-0.05, 0) is 6.42 Å². The number of likely N-dealkylation sites (N-methyl/N-ethyl adjacent to an activating group) is 1. The second-order valence-electron chi connectivity index (χ2n) is 4.60. The van der Waals surface area contributed by atoms with E-state index in [2.05, 4.69) is 10.2 Å². The number of hydrogen-bond donors (Lipinski definition) is 1. The summed E-state index contributed by atoms with van der Waals surface area (Å²) in [7, 11) is 1.88. The van der Waals surface area contributed by atoms with Crippen molar-refractivity contribution < 1.29 is 18.8 Å². The van der Waals surface area contributed by atoms with Crippen LogP contribution in [-0.2, 0) is 15.5 Å². The molecule has 3 atom stereocenters. The minimum absolute atomic E-state index is 0.216. The molecule has 0 aromatic carbocycles. The molecular weight excluding hydrogens is 316 g/mol. The lowest BCUT2D eigenvalue weighted by molar-refractivity contribution is 0.0633. The third-order valence-corrected chi connectivity index (χ3v) is 5.91. The molecule has 1 aromatic heterocycles. The van der Waals surface area contributed by atoms with Crippen LogP contribution in [0.15, 0.2) is 4.34 Å². The second-order valence-corrected chi connectivity index (χ2v) is 7.30. The van der Waals surface area contributed by atoms with Crippen LogP contribution in [0.2, 0.25) is 0 Å². The molecular formula is C11H18N4O4S2. The van der Waals surface area contributed by atoms with Gasteiger partial charge in [-0.15, -0.1) is 10.2 Å². The quantitative estimate of drug-likeness (QED) is 0.750. The topological polar surface area (TPSA) is 95.9 Å². The molecule has 1 saturated heterocycles. The van der Waals surface area contributed by atoms with E-state index in [9.17, 15) is 14.1 Å². The fourth-order valence-corrected chi connectivity index (χ4v) is 4.15. The molecule has 2 rings (SSSR count). The minimum Gasteiger partial charge on any atom is -0.382 e. The summed E-state index contributed by atoms with van der Waals surface area (Å²) in [5.41, 5.74) is 0. The number of carbonyl (C=O) groups excluding carboxylic acids is 1. The number of methoxy groups -OCH3 is 1. The highest BCUT2D eigenvalue weighted by Gasteiger charge is 2.45. The van der Waals surface area contributed by atoms with Gasteiger partial charge in [0.25, 0.3) is 0 Å². The smallest absolute Gasteiger partial charge is 0.328 e. The molecule has 2 amide bonds. The molecule has 1 fully saturated rings. The fraction of sp³-hybridized carbons (Fsp3) is 0.727. The van der Waals surface area contributed by atoms with Crippen molar-refractivity contribution in [3.63, 3.8) is 0 Å². The number of ether oxygens (including phenoxy) is 1. The van der Waals surface area contributed by atoms with Gasteiger partial charge in [-0.1, -0.05) is 18.3 Å². The Morgan fingerprint density at radius 1 is 1.48 bits per heavy atom. The number of urea groups is 1. The molecule has 0 aliphatic carbocycles. The molecule has 1 aromatic rings. The van der Waals surface area contributed by atoms with Crippen LogP contribution in [0.25, 0.3) is 0 Å². The van der Waals surface area contributed by atoms with Crippen molar-refractivity contribution >= 4 is 33.3 Å². The highest BCUT2D eigenvalue weighted by Crippen LogP contribution is 2.30. The first-order chi connectivity index (χ1) is 10.0. The standard InChI is InChI=1S/C11H18N4O4S2/c1-4-5-21(18)10-13-12-9(20-10)15-8(16)7(6-19-3)14(2)11(15)17/h7-8,16H,4-6H2,1-3H3. The van der Waals surface area contributed by atoms with Gasteiger partial charge in [0.05, 0.1) is 17.4 Å². The molecule has 3 unspecified atom stereocenters. The Labute approximate surface area is 129 Å². The molecule has 118 valence electrons. The van der Waals surface area contributed by atoms with E-state index in [0.29, 0.717) is 10.1 Å². The van der Waals surface area contributed by atoms with Gasteiger partial charge in [0.2, 0.25) is 9.47 Å². The molecule has 0 spiro atoms. The molecule has 0 radical (unpaired) electrons. The van der Waals surface area contributed by atoms with Crippen LogP contribution in [0.3, 0.4) is 0 Å². The normalized spacial score (nSPS) is 23.9. The average molecular weight is 334 g/mol. The lowest BCUT2D eigenvalue weighted by atomic mass is 10.3. The Hall–Kier alpha value is -1.10. The molecule has 8 nitrogen and oxygen atoms in total. The monoisotopic (exact) mass is 334 g/mol. The predicted octanol–water partition coefficient (Wildman–Crippen LogP) is 0.261. The van der Waals surface area contributed by atoms with Crippen LogP contribution in [0, 0.1) is 0 Å². The van der Waals surface area contributed by atoms with E-state index in [0.717, 1.165) is 22.7 Å². The summed E-state index contributed by atoms with van der Waals surface area (Å²) in [4.78, 5) is 14.8. The minimum atomic E-state index is -1.22. The van der Waals surface area contributed by atoms with Crippen LogP contribution < -0.4 is 4.90 Å². The molecule has 2 heterocycles. The van der Waals surface area contributed by atoms with Crippen molar-refractivity contribution in [3.8, 4) is 0 Å². The van der Waals surface area contributed by atoms with Gasteiger partial charge >= 0.3 is 6.03 Å². The van der Waals surface area contributed by atoms with Gasteiger partial charge in [-0.3, -0.25) is 4.21 Å². The largest absolute Gasteiger partial charge is 0.382 e. The van der Waals surface area contributed by atoms with Gasteiger partial charge in [-0.2, -0.15) is 0 Å². The van der Waals surface area contributed by atoms with Crippen molar-refractivity contribution in [3.05, 3.63) is 0 Å². The molecule has 21 heavy (non-hydrogen) atoms. The number of aromatic nitrogens is 2. The van der Waals surface area contributed by atoms with Crippen LogP contribution in [0.1, 0.15) is 13.3 Å². The third-order valence-electron chi connectivity index (χ3n) is 3.14. The van der Waals surface area contributed by atoms with Gasteiger partial charge in [0.1, 0.15) is 6.04 Å². The Bertz CT molecular complexity index is 538. The number of carbonyl (C=O) groups is 1. The molecule has 1 aliphatic rings. The van der Waals surface area contributed by atoms with Crippen LogP contribution >= 0.6 is 11.3 Å². The zero-order valence-electron chi connectivity index (χ0n) is 12.1. The highest BCUT2D eigenvalue weighted by molar-refractivity contribution is 7.87. The van der Waals surface area contributed by atoms with Gasteiger partial charge < -0.3 is 14.7 Å². The summed E-state index contributed by atoms with van der Waals surface area (Å²) >= 11 is 1.06. The van der Waals surface area contributed by atoms with Crippen molar-refractivity contribution in [2.45, 2.75) is 30.0 Å². The first kappa shape index (κ1) is 16.3. The number of amides is 2. The zero-order chi connectivity index (χ0) is 15.6. The number of aliphatic hydroxyl groups excluding tert-OH is 1.